The van der Waals surface area contributed by atoms with Crippen molar-refractivity contribution in [2.45, 2.75) is 5.51 Å². The van der Waals surface area contributed by atoms with E-state index in [1.54, 1.807) is 0 Å². The van der Waals surface area contributed by atoms with Crippen LogP contribution in [0.25, 0.3) is 0 Å². The zero-order chi connectivity index (χ0) is 6.62. The molecule has 0 bridgehead atoms. The number of alkyl halides is 3. The molecule has 0 amide bonds. The number of carbonyl (C=O) groups excluding carboxylic acids is 1. The summed E-state index contributed by atoms with van der Waals surface area (Å²) in [6.07, 6.45) is 1.12. The number of thioether (sulfide) groups is 1. The van der Waals surface area contributed by atoms with Gasteiger partial charge >= 0.3 is 5.51 Å². The summed E-state index contributed by atoms with van der Waals surface area (Å²) in [6, 6.07) is 0. The molecule has 0 atom stereocenters. The molecule has 47 valence electrons. The molecule has 0 aromatic carbocycles. The lowest BCUT2D eigenvalue weighted by molar-refractivity contribution is -0.0325. The first-order valence-electron chi connectivity index (χ1n) is 1.62. The molecule has 0 aromatic heterocycles. The number of rotatable bonds is 2. The molecule has 0 fully saturated rings. The largest absolute Gasteiger partial charge is 0.442 e. The second-order valence-corrected chi connectivity index (χ2v) is 1.92. The summed E-state index contributed by atoms with van der Waals surface area (Å²) in [6.45, 7) is 0. The minimum absolute atomic E-state index is 0.390. The van der Waals surface area contributed by atoms with Crippen molar-refractivity contribution in [2.75, 3.05) is 5.75 Å². The molecule has 0 aliphatic heterocycles. The third-order valence-corrected chi connectivity index (χ3v) is 0.884. The molecule has 0 unspecified atom stereocenters. The molecule has 0 N–H and O–H groups in total. The molecule has 0 aromatic rings. The van der Waals surface area contributed by atoms with Crippen molar-refractivity contribution in [3.63, 3.8) is 0 Å². The van der Waals surface area contributed by atoms with Crippen molar-refractivity contribution < 1.29 is 18.0 Å². The topological polar surface area (TPSA) is 17.1 Å². The van der Waals surface area contributed by atoms with E-state index in [2.05, 4.69) is 0 Å². The molecule has 1 nitrogen and oxygen atoms in total. The molecule has 0 rings (SSSR count). The standard InChI is InChI=1S/C3H2F3OS/c4-3(5,6)8-2-1-7/h2H2. The Morgan fingerprint density at radius 1 is 1.50 bits per heavy atom. The Morgan fingerprint density at radius 2 is 2.00 bits per heavy atom. The fourth-order valence-electron chi connectivity index (χ4n) is 0.111. The maximum absolute atomic E-state index is 11.0. The number of halogens is 3. The Hall–Kier alpha value is -0.190. The molecular formula is C3H2F3OS. The van der Waals surface area contributed by atoms with E-state index in [1.807, 2.05) is 0 Å². The van der Waals surface area contributed by atoms with Gasteiger partial charge in [-0.15, -0.1) is 0 Å². The van der Waals surface area contributed by atoms with Crippen LogP contribution < -0.4 is 0 Å². The lowest BCUT2D eigenvalue weighted by Gasteiger charge is -1.98. The third-order valence-electron chi connectivity index (χ3n) is 0.295. The number of hydrogen-bond donors (Lipinski definition) is 0. The molecule has 0 aliphatic carbocycles. The van der Waals surface area contributed by atoms with Gasteiger partial charge in [0.05, 0.1) is 5.75 Å². The molecular weight excluding hydrogens is 141 g/mol. The van der Waals surface area contributed by atoms with Crippen molar-refractivity contribution in [1.29, 1.82) is 0 Å². The van der Waals surface area contributed by atoms with E-state index in [0.29, 0.717) is 0 Å². The Kier molecular flexibility index (Phi) is 2.89. The molecule has 0 heterocycles. The van der Waals surface area contributed by atoms with Gasteiger partial charge < -0.3 is 0 Å². The fourth-order valence-corrected chi connectivity index (χ4v) is 0.334. The summed E-state index contributed by atoms with van der Waals surface area (Å²) in [5.74, 6) is -0.635. The summed E-state index contributed by atoms with van der Waals surface area (Å²) in [5.41, 5.74) is -4.29. The highest BCUT2D eigenvalue weighted by atomic mass is 32.2. The van der Waals surface area contributed by atoms with Gasteiger partial charge in [0.1, 0.15) is 0 Å². The highest BCUT2D eigenvalue weighted by Gasteiger charge is 2.27. The summed E-state index contributed by atoms with van der Waals surface area (Å²) in [4.78, 5) is 9.21. The highest BCUT2D eigenvalue weighted by molar-refractivity contribution is 8.00. The van der Waals surface area contributed by atoms with Gasteiger partial charge in [0.2, 0.25) is 6.29 Å². The lowest BCUT2D eigenvalue weighted by atomic mass is 10.9. The summed E-state index contributed by atoms with van der Waals surface area (Å²) < 4.78 is 33.1. The van der Waals surface area contributed by atoms with Gasteiger partial charge in [0.25, 0.3) is 0 Å². The van der Waals surface area contributed by atoms with E-state index in [4.69, 9.17) is 0 Å². The van der Waals surface area contributed by atoms with E-state index in [9.17, 15) is 18.0 Å². The van der Waals surface area contributed by atoms with Gasteiger partial charge in [0.15, 0.2) is 0 Å². The Morgan fingerprint density at radius 3 is 2.12 bits per heavy atom. The Balaban J connectivity index is 3.24. The minimum atomic E-state index is -4.29. The first-order valence-corrected chi connectivity index (χ1v) is 2.60. The van der Waals surface area contributed by atoms with Crippen molar-refractivity contribution in [3.05, 3.63) is 0 Å². The van der Waals surface area contributed by atoms with Gasteiger partial charge in [-0.05, 0) is 11.8 Å². The average Bonchev–Trinajstić information content (AvgIpc) is 1.59. The van der Waals surface area contributed by atoms with Crippen LogP contribution in [0.2, 0.25) is 0 Å². The monoisotopic (exact) mass is 143 g/mol. The molecule has 0 aliphatic rings. The van der Waals surface area contributed by atoms with Gasteiger partial charge in [-0.1, -0.05) is 0 Å². The third kappa shape index (κ3) is 5.81. The van der Waals surface area contributed by atoms with E-state index < -0.39 is 23.0 Å². The maximum atomic E-state index is 11.0. The van der Waals surface area contributed by atoms with Gasteiger partial charge in [-0.3, -0.25) is 4.79 Å². The molecule has 0 saturated heterocycles. The Labute approximate surface area is 48.3 Å². The van der Waals surface area contributed by atoms with Crippen LogP contribution in [-0.4, -0.2) is 17.5 Å². The van der Waals surface area contributed by atoms with Crippen molar-refractivity contribution in [3.8, 4) is 0 Å². The normalized spacial score (nSPS) is 11.4. The number of hydrogen-bond acceptors (Lipinski definition) is 2. The van der Waals surface area contributed by atoms with E-state index in [-0.39, 0.29) is 0 Å². The van der Waals surface area contributed by atoms with Gasteiger partial charge in [-0.2, -0.15) is 13.2 Å². The summed E-state index contributed by atoms with van der Waals surface area (Å²) >= 11 is -0.390. The second kappa shape index (κ2) is 2.96. The van der Waals surface area contributed by atoms with Crippen LogP contribution in [0.3, 0.4) is 0 Å². The molecule has 0 spiro atoms. The average molecular weight is 143 g/mol. The second-order valence-electron chi connectivity index (χ2n) is 0.879. The summed E-state index contributed by atoms with van der Waals surface area (Å²) in [7, 11) is 0. The van der Waals surface area contributed by atoms with E-state index >= 15 is 0 Å². The Bertz CT molecular complexity index is 79.1. The molecule has 5 heteroatoms. The van der Waals surface area contributed by atoms with Gasteiger partial charge in [-0.25, -0.2) is 0 Å². The smallest absolute Gasteiger partial charge is 0.290 e. The van der Waals surface area contributed by atoms with Crippen LogP contribution in [-0.2, 0) is 4.79 Å². The molecule has 1 radical (unpaired) electrons. The fraction of sp³-hybridized carbons (Fsp3) is 0.667. The summed E-state index contributed by atoms with van der Waals surface area (Å²) in [5, 5.41) is 0. The van der Waals surface area contributed by atoms with Crippen molar-refractivity contribution in [1.82, 2.24) is 0 Å². The quantitative estimate of drug-likeness (QED) is 0.580. The zero-order valence-electron chi connectivity index (χ0n) is 3.66. The maximum Gasteiger partial charge on any atom is 0.442 e. The predicted octanol–water partition coefficient (Wildman–Crippen LogP) is 1.35. The van der Waals surface area contributed by atoms with E-state index in [0.717, 1.165) is 6.29 Å². The van der Waals surface area contributed by atoms with Crippen LogP contribution >= 0.6 is 11.8 Å². The first kappa shape index (κ1) is 7.81. The lowest BCUT2D eigenvalue weighted by Crippen LogP contribution is -2.01. The van der Waals surface area contributed by atoms with E-state index in [1.165, 1.54) is 0 Å². The molecule has 0 saturated carbocycles. The SMILES string of the molecule is O=[C]CSC(F)(F)F. The first-order chi connectivity index (χ1) is 3.56. The van der Waals surface area contributed by atoms with Crippen molar-refractivity contribution in [2.24, 2.45) is 0 Å². The van der Waals surface area contributed by atoms with Crippen molar-refractivity contribution >= 4 is 18.0 Å². The molecule has 8 heavy (non-hydrogen) atoms. The minimum Gasteiger partial charge on any atom is -0.290 e. The van der Waals surface area contributed by atoms with Crippen LogP contribution in [0.4, 0.5) is 13.2 Å². The highest BCUT2D eigenvalue weighted by Crippen LogP contribution is 2.28. The van der Waals surface area contributed by atoms with Gasteiger partial charge in [0, 0.05) is 0 Å². The predicted molar refractivity (Wildman–Crippen MR) is 24.2 cm³/mol. The van der Waals surface area contributed by atoms with Crippen LogP contribution in [0.1, 0.15) is 0 Å². The van der Waals surface area contributed by atoms with Crippen LogP contribution in [0.15, 0.2) is 0 Å². The van der Waals surface area contributed by atoms with Crippen LogP contribution in [0.5, 0.6) is 0 Å². The van der Waals surface area contributed by atoms with Crippen LogP contribution in [0, 0.1) is 0 Å². The zero-order valence-corrected chi connectivity index (χ0v) is 4.47.